The summed E-state index contributed by atoms with van der Waals surface area (Å²) in [7, 11) is -2.66. The van der Waals surface area contributed by atoms with Crippen molar-refractivity contribution in [3.8, 4) is 44.9 Å². The number of aryl methyl sites for hydroxylation is 2. The molecule has 0 unspecified atom stereocenters. The third kappa shape index (κ3) is 10.0. The van der Waals surface area contributed by atoms with Crippen molar-refractivity contribution in [1.82, 2.24) is 0 Å². The Balaban J connectivity index is 1.27. The van der Waals surface area contributed by atoms with E-state index in [0.717, 1.165) is 55.0 Å². The second-order valence-corrected chi connectivity index (χ2v) is 21.5. The Kier molecular flexibility index (Phi) is 14.3. The maximum atomic E-state index is 7.93. The molecule has 4 heteroatoms. The van der Waals surface area contributed by atoms with E-state index >= 15 is 0 Å². The van der Waals surface area contributed by atoms with Gasteiger partial charge in [0.2, 0.25) is 0 Å². The highest BCUT2D eigenvalue weighted by molar-refractivity contribution is 7.69. The first-order chi connectivity index (χ1) is 34.4. The third-order valence-corrected chi connectivity index (χ3v) is 17.1. The first-order valence-electron chi connectivity index (χ1n) is 24.1. The summed E-state index contributed by atoms with van der Waals surface area (Å²) in [5.74, 6) is 1.78. The Labute approximate surface area is 417 Å². The molecule has 0 saturated heterocycles. The van der Waals surface area contributed by atoms with Gasteiger partial charge >= 0.3 is 0 Å². The normalized spacial score (nSPS) is 11.2. The first-order valence-corrected chi connectivity index (χ1v) is 26.6. The lowest BCUT2D eigenvalue weighted by molar-refractivity contribution is 0.611. The highest BCUT2D eigenvalue weighted by Gasteiger charge is 2.31. The molecule has 10 aromatic rings. The molecule has 0 aliphatic rings. The smallest absolute Gasteiger partial charge is 0.150 e. The van der Waals surface area contributed by atoms with Crippen LogP contribution in [0.5, 0.6) is 11.5 Å². The quantitative estimate of drug-likeness (QED) is 0.0954. The van der Waals surface area contributed by atoms with Gasteiger partial charge in [-0.3, -0.25) is 0 Å². The van der Waals surface area contributed by atoms with Gasteiger partial charge in [-0.1, -0.05) is 243 Å². The van der Waals surface area contributed by atoms with E-state index in [-0.39, 0.29) is 0 Å². The molecule has 0 heterocycles. The summed E-state index contributed by atoms with van der Waals surface area (Å²) < 4.78 is 15.9. The molecular formula is C66H56O2P2. The van der Waals surface area contributed by atoms with E-state index in [1.54, 1.807) is 0 Å². The molecule has 10 aromatic carbocycles. The van der Waals surface area contributed by atoms with Crippen LogP contribution in [-0.4, -0.2) is 0 Å². The summed E-state index contributed by atoms with van der Waals surface area (Å²) in [4.78, 5) is 0. The van der Waals surface area contributed by atoms with Crippen molar-refractivity contribution in [2.45, 2.75) is 40.5 Å². The Morgan fingerprint density at radius 3 is 0.886 bits per heavy atom. The number of hydrogen-bond donors (Lipinski definition) is 0. The maximum absolute atomic E-state index is 7.93. The predicted octanol–water partition coefficient (Wildman–Crippen LogP) is 16.0. The zero-order valence-corrected chi connectivity index (χ0v) is 42.0. The predicted molar refractivity (Wildman–Crippen MR) is 300 cm³/mol. The molecular weight excluding hydrogens is 887 g/mol. The monoisotopic (exact) mass is 942 g/mol. The van der Waals surface area contributed by atoms with Crippen molar-refractivity contribution in [3.05, 3.63) is 287 Å². The van der Waals surface area contributed by atoms with Crippen LogP contribution in [0.25, 0.3) is 33.4 Å². The van der Waals surface area contributed by atoms with Gasteiger partial charge in [0.15, 0.2) is 16.3 Å². The highest BCUT2D eigenvalue weighted by atomic mass is 31.1. The molecule has 70 heavy (non-hydrogen) atoms. The summed E-state index contributed by atoms with van der Waals surface area (Å²) in [6.45, 7) is 9.07. The van der Waals surface area contributed by atoms with Crippen molar-refractivity contribution < 1.29 is 9.05 Å². The van der Waals surface area contributed by atoms with E-state index in [0.29, 0.717) is 12.8 Å². The van der Waals surface area contributed by atoms with Crippen LogP contribution >= 0.6 is 16.3 Å². The lowest BCUT2D eigenvalue weighted by Crippen LogP contribution is -2.18. The van der Waals surface area contributed by atoms with Gasteiger partial charge in [0.25, 0.3) is 0 Å². The molecule has 0 spiro atoms. The van der Waals surface area contributed by atoms with E-state index in [1.165, 1.54) is 55.6 Å². The molecule has 0 saturated carbocycles. The molecule has 0 amide bonds. The van der Waals surface area contributed by atoms with Crippen LogP contribution in [0, 0.1) is 27.7 Å². The van der Waals surface area contributed by atoms with E-state index in [2.05, 4.69) is 270 Å². The van der Waals surface area contributed by atoms with Gasteiger partial charge < -0.3 is 9.05 Å². The fourth-order valence-corrected chi connectivity index (χ4v) is 13.1. The standard InChI is InChI=1S/C66H56O2P2/c1-47-43-55(45-53-31-23-25-41-61(53)51-27-11-5-12-28-51)65(67-69(57-33-15-7-16-34-57)58-35-17-8-18-36-58)63(49(47)3)64-50(4)48(2)44-56(46-54-32-24-26-42-62(54)52-29-13-6-14-30-52)66(64)68-70(59-37-19-9-20-38-59)60-39-21-10-22-40-60/h5-44H,45-46H2,1-4H3. The molecule has 0 aliphatic carbocycles. The molecule has 0 N–H and O–H groups in total. The summed E-state index contributed by atoms with van der Waals surface area (Å²) in [5.41, 5.74) is 16.5. The van der Waals surface area contributed by atoms with Crippen LogP contribution in [0.2, 0.25) is 0 Å². The topological polar surface area (TPSA) is 18.5 Å². The second-order valence-electron chi connectivity index (χ2n) is 17.9. The highest BCUT2D eigenvalue weighted by Crippen LogP contribution is 2.53. The van der Waals surface area contributed by atoms with E-state index in [1.807, 2.05) is 0 Å². The van der Waals surface area contributed by atoms with Crippen LogP contribution in [0.15, 0.2) is 243 Å². The fraction of sp³-hybridized carbons (Fsp3) is 0.0909. The zero-order chi connectivity index (χ0) is 47.8. The number of benzene rings is 10. The van der Waals surface area contributed by atoms with Gasteiger partial charge in [-0.05, 0) is 94.5 Å². The molecule has 0 radical (unpaired) electrons. The van der Waals surface area contributed by atoms with E-state index in [9.17, 15) is 0 Å². The molecule has 342 valence electrons. The van der Waals surface area contributed by atoms with Crippen molar-refractivity contribution >= 4 is 37.5 Å². The van der Waals surface area contributed by atoms with Crippen LogP contribution in [0.3, 0.4) is 0 Å². The largest absolute Gasteiger partial charge is 0.464 e. The fourth-order valence-electron chi connectivity index (χ4n) is 9.50. The second kappa shape index (κ2) is 21.5. The Morgan fingerprint density at radius 1 is 0.300 bits per heavy atom. The molecule has 2 nitrogen and oxygen atoms in total. The lowest BCUT2D eigenvalue weighted by Gasteiger charge is -2.30. The summed E-state index contributed by atoms with van der Waals surface area (Å²) in [5, 5.41) is 4.60. The van der Waals surface area contributed by atoms with Gasteiger partial charge in [0.1, 0.15) is 11.5 Å². The van der Waals surface area contributed by atoms with E-state index < -0.39 is 16.3 Å². The average Bonchev–Trinajstić information content (AvgIpc) is 3.42. The van der Waals surface area contributed by atoms with Gasteiger partial charge in [-0.15, -0.1) is 0 Å². The average molecular weight is 943 g/mol. The Bertz CT molecular complexity index is 3040. The Morgan fingerprint density at radius 2 is 0.571 bits per heavy atom. The van der Waals surface area contributed by atoms with Crippen molar-refractivity contribution in [2.24, 2.45) is 0 Å². The summed E-state index contributed by atoms with van der Waals surface area (Å²) in [6.07, 6.45) is 1.33. The molecule has 10 rings (SSSR count). The number of rotatable bonds is 15. The van der Waals surface area contributed by atoms with Crippen LogP contribution in [0.1, 0.15) is 44.5 Å². The Hall–Kier alpha value is -7.34. The molecule has 0 aliphatic heterocycles. The zero-order valence-electron chi connectivity index (χ0n) is 40.2. The molecule has 0 atom stereocenters. The maximum Gasteiger partial charge on any atom is 0.150 e. The minimum Gasteiger partial charge on any atom is -0.464 e. The first kappa shape index (κ1) is 46.4. The van der Waals surface area contributed by atoms with Crippen LogP contribution in [-0.2, 0) is 12.8 Å². The van der Waals surface area contributed by atoms with Gasteiger partial charge in [0, 0.05) is 45.2 Å². The van der Waals surface area contributed by atoms with Crippen molar-refractivity contribution in [3.63, 3.8) is 0 Å². The van der Waals surface area contributed by atoms with Gasteiger partial charge in [-0.25, -0.2) is 0 Å². The molecule has 0 aromatic heterocycles. The molecule has 0 fully saturated rings. The summed E-state index contributed by atoms with van der Waals surface area (Å²) >= 11 is 0. The van der Waals surface area contributed by atoms with Gasteiger partial charge in [0.05, 0.1) is 0 Å². The number of hydrogen-bond acceptors (Lipinski definition) is 2. The summed E-state index contributed by atoms with van der Waals surface area (Å²) in [6, 6.07) is 87.0. The van der Waals surface area contributed by atoms with Crippen molar-refractivity contribution in [1.29, 1.82) is 0 Å². The molecule has 0 bridgehead atoms. The SMILES string of the molecule is Cc1cc(Cc2ccccc2-c2ccccc2)c(OP(c2ccccc2)c2ccccc2)c(-c2c(C)c(C)cc(Cc3ccccc3-c3ccccc3)c2OP(c2ccccc2)c2ccccc2)c1C. The van der Waals surface area contributed by atoms with Crippen LogP contribution in [0.4, 0.5) is 0 Å². The van der Waals surface area contributed by atoms with E-state index in [4.69, 9.17) is 9.05 Å². The minimum absolute atomic E-state index is 0.667. The van der Waals surface area contributed by atoms with Crippen molar-refractivity contribution in [2.75, 3.05) is 0 Å². The van der Waals surface area contributed by atoms with Crippen LogP contribution < -0.4 is 30.3 Å². The lowest BCUT2D eigenvalue weighted by atomic mass is 9.84. The third-order valence-electron chi connectivity index (χ3n) is 13.3. The minimum atomic E-state index is -1.33. The van der Waals surface area contributed by atoms with Gasteiger partial charge in [-0.2, -0.15) is 0 Å².